The van der Waals surface area contributed by atoms with E-state index in [-0.39, 0.29) is 35.1 Å². The second-order valence-electron chi connectivity index (χ2n) is 8.06. The number of rotatable bonds is 4. The number of alkyl halides is 3. The van der Waals surface area contributed by atoms with E-state index in [2.05, 4.69) is 20.9 Å². The van der Waals surface area contributed by atoms with Crippen molar-refractivity contribution in [1.82, 2.24) is 9.21 Å². The number of anilines is 1. The standard InChI is InChI=1S/C21H24BrF3N4O3S2/c1-13-12-28(9-10-29(13)34(31,32)19-8-7-18(22)33-19)17-6-5-15(11-16(17)21(23,24)25)20(30)26-14(2)27(3)4/h5-8,11,13H,9-10,12H2,1-4H3. The Morgan fingerprint density at radius 3 is 2.41 bits per heavy atom. The number of carbonyl (C=O) groups excluding carboxylic acids is 1. The molecule has 186 valence electrons. The predicted octanol–water partition coefficient (Wildman–Crippen LogP) is 4.55. The molecule has 2 aromatic rings. The van der Waals surface area contributed by atoms with Gasteiger partial charge in [0.15, 0.2) is 0 Å². The van der Waals surface area contributed by atoms with Crippen molar-refractivity contribution < 1.29 is 26.4 Å². The van der Waals surface area contributed by atoms with Crippen molar-refractivity contribution in [3.63, 3.8) is 0 Å². The van der Waals surface area contributed by atoms with Crippen molar-refractivity contribution in [2.45, 2.75) is 30.3 Å². The molecule has 0 saturated carbocycles. The summed E-state index contributed by atoms with van der Waals surface area (Å²) in [7, 11) is -0.411. The maximum atomic E-state index is 13.9. The van der Waals surface area contributed by atoms with Gasteiger partial charge < -0.3 is 9.80 Å². The third-order valence-corrected chi connectivity index (χ3v) is 9.58. The number of nitrogens with zero attached hydrogens (tertiary/aromatic N) is 4. The molecule has 34 heavy (non-hydrogen) atoms. The molecule has 1 aliphatic rings. The lowest BCUT2D eigenvalue weighted by molar-refractivity contribution is -0.137. The second kappa shape index (κ2) is 9.96. The lowest BCUT2D eigenvalue weighted by Gasteiger charge is -2.40. The molecule has 1 atom stereocenters. The average Bonchev–Trinajstić information content (AvgIpc) is 3.19. The van der Waals surface area contributed by atoms with Crippen LogP contribution in [-0.4, -0.2) is 69.1 Å². The maximum Gasteiger partial charge on any atom is 0.418 e. The summed E-state index contributed by atoms with van der Waals surface area (Å²) >= 11 is 4.34. The number of sulfonamides is 1. The summed E-state index contributed by atoms with van der Waals surface area (Å²) in [5.74, 6) is -0.402. The SMILES string of the molecule is CC(=NC(=O)c1ccc(N2CCN(S(=O)(=O)c3ccc(Br)s3)C(C)C2)c(C(F)(F)F)c1)N(C)C. The molecule has 1 aliphatic heterocycles. The first-order valence-electron chi connectivity index (χ1n) is 10.2. The molecule has 13 heteroatoms. The van der Waals surface area contributed by atoms with Gasteiger partial charge in [-0.25, -0.2) is 8.42 Å². The van der Waals surface area contributed by atoms with Crippen LogP contribution in [0.25, 0.3) is 0 Å². The van der Waals surface area contributed by atoms with E-state index < -0.39 is 33.7 Å². The fourth-order valence-corrected chi connectivity index (χ4v) is 7.30. The van der Waals surface area contributed by atoms with Gasteiger partial charge in [-0.15, -0.1) is 11.3 Å². The Hall–Kier alpha value is -1.96. The molecule has 1 fully saturated rings. The van der Waals surface area contributed by atoms with E-state index in [0.29, 0.717) is 9.62 Å². The highest BCUT2D eigenvalue weighted by Crippen LogP contribution is 2.39. The Labute approximate surface area is 209 Å². The fourth-order valence-electron chi connectivity index (χ4n) is 3.55. The van der Waals surface area contributed by atoms with E-state index in [0.717, 1.165) is 17.4 Å². The van der Waals surface area contributed by atoms with Crippen molar-refractivity contribution in [3.8, 4) is 0 Å². The van der Waals surface area contributed by atoms with Crippen molar-refractivity contribution in [2.24, 2.45) is 4.99 Å². The summed E-state index contributed by atoms with van der Waals surface area (Å²) < 4.78 is 70.0. The van der Waals surface area contributed by atoms with Crippen LogP contribution in [0.3, 0.4) is 0 Å². The van der Waals surface area contributed by atoms with E-state index in [9.17, 15) is 26.4 Å². The number of hydrogen-bond donors (Lipinski definition) is 0. The normalized spacial score (nSPS) is 18.3. The lowest BCUT2D eigenvalue weighted by Crippen LogP contribution is -2.54. The number of aliphatic imine (C=N–C) groups is 1. The maximum absolute atomic E-state index is 13.9. The van der Waals surface area contributed by atoms with Crippen LogP contribution in [0.5, 0.6) is 0 Å². The van der Waals surface area contributed by atoms with Gasteiger partial charge in [0.25, 0.3) is 15.9 Å². The molecule has 0 radical (unpaired) electrons. The highest BCUT2D eigenvalue weighted by Gasteiger charge is 2.39. The number of carbonyl (C=O) groups is 1. The molecule has 1 unspecified atom stereocenters. The summed E-state index contributed by atoms with van der Waals surface area (Å²) in [6.45, 7) is 3.42. The van der Waals surface area contributed by atoms with Gasteiger partial charge in [0.1, 0.15) is 10.0 Å². The zero-order valence-corrected chi connectivity index (χ0v) is 22.1. The first-order chi connectivity index (χ1) is 15.7. The van der Waals surface area contributed by atoms with Crippen LogP contribution in [0.1, 0.15) is 29.8 Å². The van der Waals surface area contributed by atoms with Gasteiger partial charge in [-0.3, -0.25) is 4.79 Å². The fraction of sp³-hybridized carbons (Fsp3) is 0.429. The number of hydrogen-bond acceptors (Lipinski definition) is 5. The monoisotopic (exact) mass is 580 g/mol. The molecule has 1 aromatic carbocycles. The predicted molar refractivity (Wildman–Crippen MR) is 130 cm³/mol. The van der Waals surface area contributed by atoms with Crippen LogP contribution in [-0.2, 0) is 16.2 Å². The molecule has 1 saturated heterocycles. The molecule has 0 aliphatic carbocycles. The van der Waals surface area contributed by atoms with Crippen LogP contribution >= 0.6 is 27.3 Å². The van der Waals surface area contributed by atoms with E-state index in [1.165, 1.54) is 27.4 Å². The first kappa shape index (κ1) is 26.6. The Bertz CT molecular complexity index is 1210. The average molecular weight is 581 g/mol. The Balaban J connectivity index is 1.89. The van der Waals surface area contributed by atoms with Crippen LogP contribution in [0.15, 0.2) is 43.3 Å². The smallest absolute Gasteiger partial charge is 0.368 e. The van der Waals surface area contributed by atoms with E-state index in [4.69, 9.17) is 0 Å². The summed E-state index contributed by atoms with van der Waals surface area (Å²) in [4.78, 5) is 19.3. The third kappa shape index (κ3) is 5.64. The molecular formula is C21H24BrF3N4O3S2. The Kier molecular flexibility index (Phi) is 7.80. The number of benzene rings is 1. The number of piperazine rings is 1. The largest absolute Gasteiger partial charge is 0.418 e. The topological polar surface area (TPSA) is 73.3 Å². The van der Waals surface area contributed by atoms with Crippen molar-refractivity contribution >= 4 is 54.7 Å². The minimum atomic E-state index is -4.71. The molecule has 1 amide bonds. The number of amidine groups is 1. The minimum Gasteiger partial charge on any atom is -0.368 e. The van der Waals surface area contributed by atoms with Gasteiger partial charge in [0.2, 0.25) is 0 Å². The first-order valence-corrected chi connectivity index (χ1v) is 13.3. The molecular weight excluding hydrogens is 557 g/mol. The van der Waals surface area contributed by atoms with Crippen LogP contribution in [0, 0.1) is 0 Å². The quantitative estimate of drug-likeness (QED) is 0.392. The van der Waals surface area contributed by atoms with E-state index in [1.807, 2.05) is 0 Å². The molecule has 0 N–H and O–H groups in total. The summed E-state index contributed by atoms with van der Waals surface area (Å²) in [6.07, 6.45) is -4.71. The molecule has 7 nitrogen and oxygen atoms in total. The zero-order valence-electron chi connectivity index (χ0n) is 18.9. The third-order valence-electron chi connectivity index (χ3n) is 5.48. The van der Waals surface area contributed by atoms with Crippen molar-refractivity contribution in [3.05, 3.63) is 45.2 Å². The molecule has 1 aromatic heterocycles. The number of thiophene rings is 1. The van der Waals surface area contributed by atoms with Crippen LogP contribution in [0.4, 0.5) is 18.9 Å². The van der Waals surface area contributed by atoms with Crippen molar-refractivity contribution in [2.75, 3.05) is 38.6 Å². The molecule has 0 bridgehead atoms. The summed E-state index contributed by atoms with van der Waals surface area (Å²) in [5, 5.41) is 0. The lowest BCUT2D eigenvalue weighted by atomic mass is 10.0. The minimum absolute atomic E-state index is 0.0311. The van der Waals surface area contributed by atoms with E-state index in [1.54, 1.807) is 38.9 Å². The van der Waals surface area contributed by atoms with Gasteiger partial charge in [-0.05, 0) is 60.1 Å². The second-order valence-corrected chi connectivity index (χ2v) is 12.6. The zero-order chi connectivity index (χ0) is 25.4. The van der Waals surface area contributed by atoms with Crippen molar-refractivity contribution in [1.29, 1.82) is 0 Å². The number of amides is 1. The Morgan fingerprint density at radius 2 is 1.88 bits per heavy atom. The highest BCUT2D eigenvalue weighted by molar-refractivity contribution is 9.11. The van der Waals surface area contributed by atoms with E-state index >= 15 is 0 Å². The van der Waals surface area contributed by atoms with Gasteiger partial charge >= 0.3 is 6.18 Å². The van der Waals surface area contributed by atoms with Crippen LogP contribution in [0.2, 0.25) is 0 Å². The summed E-state index contributed by atoms with van der Waals surface area (Å²) in [6, 6.07) is 5.96. The molecule has 0 spiro atoms. The van der Waals surface area contributed by atoms with Gasteiger partial charge in [-0.2, -0.15) is 22.5 Å². The summed E-state index contributed by atoms with van der Waals surface area (Å²) in [5.41, 5.74) is -1.23. The molecule has 3 rings (SSSR count). The van der Waals surface area contributed by atoms with Gasteiger partial charge in [-0.1, -0.05) is 0 Å². The van der Waals surface area contributed by atoms with Gasteiger partial charge in [0, 0.05) is 51.0 Å². The Morgan fingerprint density at radius 1 is 1.21 bits per heavy atom. The highest BCUT2D eigenvalue weighted by atomic mass is 79.9. The number of halogens is 4. The van der Waals surface area contributed by atoms with Gasteiger partial charge in [0.05, 0.1) is 9.35 Å². The molecule has 2 heterocycles. The van der Waals surface area contributed by atoms with Crippen LogP contribution < -0.4 is 4.90 Å².